The van der Waals surface area contributed by atoms with Crippen molar-refractivity contribution < 1.29 is 9.59 Å². The van der Waals surface area contributed by atoms with Crippen LogP contribution in [0.3, 0.4) is 0 Å². The molecule has 0 bridgehead atoms. The first kappa shape index (κ1) is 19.3. The zero-order chi connectivity index (χ0) is 18.2. The molecule has 0 aromatic heterocycles. The van der Waals surface area contributed by atoms with Crippen molar-refractivity contribution in [2.75, 3.05) is 11.9 Å². The first-order valence-corrected chi connectivity index (χ1v) is 9.36. The van der Waals surface area contributed by atoms with Crippen LogP contribution in [0.25, 0.3) is 0 Å². The molecule has 2 aromatic carbocycles. The lowest BCUT2D eigenvalue weighted by Crippen LogP contribution is -2.25. The number of halogens is 1. The predicted molar refractivity (Wildman–Crippen MR) is 104 cm³/mol. The number of thioether (sulfide) groups is 1. The summed E-state index contributed by atoms with van der Waals surface area (Å²) < 4.78 is 0. The summed E-state index contributed by atoms with van der Waals surface area (Å²) in [5.41, 5.74) is 1.14. The zero-order valence-corrected chi connectivity index (χ0v) is 15.8. The number of anilines is 1. The van der Waals surface area contributed by atoms with Gasteiger partial charge in [-0.25, -0.2) is 0 Å². The van der Waals surface area contributed by atoms with E-state index >= 15 is 0 Å². The highest BCUT2D eigenvalue weighted by molar-refractivity contribution is 8.00. The smallest absolute Gasteiger partial charge is 0.251 e. The summed E-state index contributed by atoms with van der Waals surface area (Å²) in [6.45, 7) is 4.47. The van der Waals surface area contributed by atoms with Crippen molar-refractivity contribution in [3.8, 4) is 0 Å². The number of hydrogen-bond donors (Lipinski definition) is 2. The molecule has 0 aliphatic rings. The molecule has 0 spiro atoms. The molecular weight excluding hydrogens is 356 g/mol. The molecular formula is C19H21ClN2O2S. The molecule has 2 N–H and O–H groups in total. The second kappa shape index (κ2) is 9.49. The van der Waals surface area contributed by atoms with E-state index in [4.69, 9.17) is 11.6 Å². The van der Waals surface area contributed by atoms with Crippen LogP contribution in [0.4, 0.5) is 5.69 Å². The number of amides is 2. The summed E-state index contributed by atoms with van der Waals surface area (Å²) >= 11 is 7.32. The minimum atomic E-state index is -0.279. The van der Waals surface area contributed by atoms with Crippen LogP contribution in [0, 0.1) is 0 Å². The molecule has 25 heavy (non-hydrogen) atoms. The number of hydrogen-bond acceptors (Lipinski definition) is 3. The molecule has 0 fully saturated rings. The largest absolute Gasteiger partial charge is 0.352 e. The van der Waals surface area contributed by atoms with Crippen LogP contribution in [0.5, 0.6) is 0 Å². The minimum Gasteiger partial charge on any atom is -0.352 e. The second-order valence-corrected chi connectivity index (χ2v) is 7.39. The Balaban J connectivity index is 1.97. The Labute approximate surface area is 157 Å². The molecule has 2 amide bonds. The van der Waals surface area contributed by atoms with Crippen molar-refractivity contribution in [3.63, 3.8) is 0 Å². The topological polar surface area (TPSA) is 58.2 Å². The molecule has 0 aliphatic carbocycles. The van der Waals surface area contributed by atoms with Crippen molar-refractivity contribution in [3.05, 3.63) is 59.1 Å². The van der Waals surface area contributed by atoms with Crippen molar-refractivity contribution in [2.45, 2.75) is 30.4 Å². The van der Waals surface area contributed by atoms with Gasteiger partial charge in [0.05, 0.1) is 5.25 Å². The van der Waals surface area contributed by atoms with Gasteiger partial charge in [0.1, 0.15) is 0 Å². The number of rotatable bonds is 7. The average Bonchev–Trinajstić information content (AvgIpc) is 2.61. The molecule has 2 rings (SSSR count). The molecule has 6 heteroatoms. The Bertz CT molecular complexity index is 734. The summed E-state index contributed by atoms with van der Waals surface area (Å²) in [4.78, 5) is 25.4. The maximum atomic E-state index is 12.4. The van der Waals surface area contributed by atoms with Crippen molar-refractivity contribution >= 4 is 40.9 Å². The second-order valence-electron chi connectivity index (χ2n) is 5.54. The Hall–Kier alpha value is -1.98. The van der Waals surface area contributed by atoms with Crippen molar-refractivity contribution in [2.24, 2.45) is 0 Å². The highest BCUT2D eigenvalue weighted by Gasteiger charge is 2.15. The SMILES string of the molecule is CCCNC(=O)c1cccc(NC(=O)C(C)Sc2ccc(Cl)cc2)c1. The summed E-state index contributed by atoms with van der Waals surface area (Å²) in [6, 6.07) is 14.3. The fraction of sp³-hybridized carbons (Fsp3) is 0.263. The van der Waals surface area contributed by atoms with Gasteiger partial charge in [-0.3, -0.25) is 9.59 Å². The highest BCUT2D eigenvalue weighted by Crippen LogP contribution is 2.25. The molecule has 4 nitrogen and oxygen atoms in total. The number of carbonyl (C=O) groups is 2. The summed E-state index contributed by atoms with van der Waals surface area (Å²) in [5.74, 6) is -0.257. The van der Waals surface area contributed by atoms with E-state index in [0.29, 0.717) is 22.8 Å². The number of carbonyl (C=O) groups excluding carboxylic acids is 2. The van der Waals surface area contributed by atoms with Crippen LogP contribution in [-0.2, 0) is 4.79 Å². The van der Waals surface area contributed by atoms with E-state index < -0.39 is 0 Å². The molecule has 0 saturated heterocycles. The van der Waals surface area contributed by atoms with Gasteiger partial charge >= 0.3 is 0 Å². The Morgan fingerprint density at radius 2 is 1.88 bits per heavy atom. The third kappa shape index (κ3) is 6.11. The summed E-state index contributed by atoms with van der Waals surface area (Å²) in [6.07, 6.45) is 0.877. The van der Waals surface area contributed by atoms with E-state index in [9.17, 15) is 9.59 Å². The molecule has 0 heterocycles. The molecule has 0 saturated carbocycles. The van der Waals surface area contributed by atoms with E-state index in [1.807, 2.05) is 26.0 Å². The van der Waals surface area contributed by atoms with E-state index in [2.05, 4.69) is 10.6 Å². The van der Waals surface area contributed by atoms with Gasteiger partial charge in [-0.05, 0) is 55.8 Å². The Morgan fingerprint density at radius 1 is 1.16 bits per heavy atom. The summed E-state index contributed by atoms with van der Waals surface area (Å²) in [5, 5.41) is 6.07. The maximum absolute atomic E-state index is 12.4. The monoisotopic (exact) mass is 376 g/mol. The highest BCUT2D eigenvalue weighted by atomic mass is 35.5. The van der Waals surface area contributed by atoms with Crippen LogP contribution in [0.15, 0.2) is 53.4 Å². The molecule has 1 unspecified atom stereocenters. The Kier molecular flexibility index (Phi) is 7.34. The van der Waals surface area contributed by atoms with E-state index in [1.165, 1.54) is 11.8 Å². The van der Waals surface area contributed by atoms with Crippen LogP contribution in [-0.4, -0.2) is 23.6 Å². The van der Waals surface area contributed by atoms with Gasteiger partial charge in [0.25, 0.3) is 5.91 Å². The molecule has 1 atom stereocenters. The maximum Gasteiger partial charge on any atom is 0.251 e. The Morgan fingerprint density at radius 3 is 2.56 bits per heavy atom. The van der Waals surface area contributed by atoms with Gasteiger partial charge in [-0.1, -0.05) is 24.6 Å². The van der Waals surface area contributed by atoms with Crippen LogP contribution >= 0.6 is 23.4 Å². The van der Waals surface area contributed by atoms with Crippen molar-refractivity contribution in [1.29, 1.82) is 0 Å². The quantitative estimate of drug-likeness (QED) is 0.694. The van der Waals surface area contributed by atoms with Gasteiger partial charge in [0, 0.05) is 27.7 Å². The van der Waals surface area contributed by atoms with Crippen LogP contribution in [0.2, 0.25) is 5.02 Å². The van der Waals surface area contributed by atoms with Gasteiger partial charge in [0.15, 0.2) is 0 Å². The van der Waals surface area contributed by atoms with E-state index in [1.54, 1.807) is 36.4 Å². The minimum absolute atomic E-state index is 0.119. The number of benzene rings is 2. The standard InChI is InChI=1S/C19H21ClN2O2S/c1-3-11-21-19(24)14-5-4-6-16(12-14)22-18(23)13(2)25-17-9-7-15(20)8-10-17/h4-10,12-13H,3,11H2,1-2H3,(H,21,24)(H,22,23). The first-order chi connectivity index (χ1) is 12.0. The van der Waals surface area contributed by atoms with Crippen molar-refractivity contribution in [1.82, 2.24) is 5.32 Å². The van der Waals surface area contributed by atoms with Crippen LogP contribution in [0.1, 0.15) is 30.6 Å². The summed E-state index contributed by atoms with van der Waals surface area (Å²) in [7, 11) is 0. The molecule has 0 radical (unpaired) electrons. The van der Waals surface area contributed by atoms with Gasteiger partial charge in [-0.15, -0.1) is 11.8 Å². The normalized spacial score (nSPS) is 11.6. The predicted octanol–water partition coefficient (Wildman–Crippen LogP) is 4.60. The zero-order valence-electron chi connectivity index (χ0n) is 14.2. The van der Waals surface area contributed by atoms with Gasteiger partial charge in [0.2, 0.25) is 5.91 Å². The molecule has 0 aliphatic heterocycles. The van der Waals surface area contributed by atoms with Gasteiger partial charge < -0.3 is 10.6 Å². The lowest BCUT2D eigenvalue weighted by molar-refractivity contribution is -0.115. The van der Waals surface area contributed by atoms with Gasteiger partial charge in [-0.2, -0.15) is 0 Å². The van der Waals surface area contributed by atoms with Crippen LogP contribution < -0.4 is 10.6 Å². The lowest BCUT2D eigenvalue weighted by Gasteiger charge is -2.13. The fourth-order valence-corrected chi connectivity index (χ4v) is 3.09. The third-order valence-electron chi connectivity index (χ3n) is 3.42. The average molecular weight is 377 g/mol. The lowest BCUT2D eigenvalue weighted by atomic mass is 10.2. The fourth-order valence-electron chi connectivity index (χ4n) is 2.09. The third-order valence-corrected chi connectivity index (χ3v) is 4.79. The molecule has 2 aromatic rings. The molecule has 132 valence electrons. The van der Waals surface area contributed by atoms with E-state index in [0.717, 1.165) is 11.3 Å². The first-order valence-electron chi connectivity index (χ1n) is 8.11. The van der Waals surface area contributed by atoms with E-state index in [-0.39, 0.29) is 17.1 Å². The number of nitrogens with one attached hydrogen (secondary N) is 2.